The van der Waals surface area contributed by atoms with E-state index in [1.165, 1.54) is 57.8 Å². The molecule has 0 rings (SSSR count). The number of unbranched alkanes of at least 4 members (excludes halogenated alkanes) is 14. The standard InChI is InChI=1S/C37H64O5/c1-3-5-7-9-11-13-15-16-17-18-19-20-22-24-26-28-30-32-37(40)42-35(33-38)34-41-36(39)31-29-27-25-23-21-14-12-10-8-6-4-2/h5,7,10-13,16-17,35,38H,3-4,6,8-9,14-15,18-34H2,1-2H3/b7-5-,12-10-,13-11-,17-16-. The molecule has 0 aliphatic carbocycles. The third-order valence-electron chi connectivity index (χ3n) is 7.11. The molecule has 0 aliphatic heterocycles. The van der Waals surface area contributed by atoms with E-state index < -0.39 is 6.10 Å². The van der Waals surface area contributed by atoms with Crippen molar-refractivity contribution in [2.24, 2.45) is 0 Å². The monoisotopic (exact) mass is 588 g/mol. The second kappa shape index (κ2) is 33.4. The number of ether oxygens (including phenoxy) is 2. The maximum atomic E-state index is 12.1. The predicted molar refractivity (Wildman–Crippen MR) is 177 cm³/mol. The maximum Gasteiger partial charge on any atom is 0.306 e. The summed E-state index contributed by atoms with van der Waals surface area (Å²) in [5, 5.41) is 9.50. The van der Waals surface area contributed by atoms with Crippen LogP contribution in [0.1, 0.15) is 155 Å². The van der Waals surface area contributed by atoms with Crippen LogP contribution < -0.4 is 0 Å². The smallest absolute Gasteiger partial charge is 0.306 e. The third-order valence-corrected chi connectivity index (χ3v) is 7.11. The number of carbonyl (C=O) groups is 2. The van der Waals surface area contributed by atoms with Crippen LogP contribution >= 0.6 is 0 Å². The van der Waals surface area contributed by atoms with Gasteiger partial charge in [-0.05, 0) is 64.2 Å². The van der Waals surface area contributed by atoms with Gasteiger partial charge >= 0.3 is 11.9 Å². The minimum absolute atomic E-state index is 0.0754. The summed E-state index contributed by atoms with van der Waals surface area (Å²) in [5.41, 5.74) is 0. The van der Waals surface area contributed by atoms with Crippen molar-refractivity contribution in [3.63, 3.8) is 0 Å². The average molecular weight is 589 g/mol. The van der Waals surface area contributed by atoms with Gasteiger partial charge in [0.15, 0.2) is 6.10 Å². The number of esters is 2. The first kappa shape index (κ1) is 39.9. The SMILES string of the molecule is CC/C=C\C/C=C\C/C=C\CCCCCCCCCC(=O)OC(CO)COC(=O)CCCCCCC/C=C\CCCC. The normalized spacial score (nSPS) is 12.7. The fourth-order valence-corrected chi connectivity index (χ4v) is 4.49. The minimum atomic E-state index is -0.778. The van der Waals surface area contributed by atoms with E-state index in [1.807, 2.05) is 0 Å². The molecule has 0 saturated carbocycles. The molecule has 0 fully saturated rings. The number of aliphatic hydroxyl groups excluding tert-OH is 1. The molecule has 5 heteroatoms. The molecule has 0 aliphatic rings. The summed E-state index contributed by atoms with van der Waals surface area (Å²) in [6.07, 6.45) is 40.2. The summed E-state index contributed by atoms with van der Waals surface area (Å²) in [6, 6.07) is 0. The third kappa shape index (κ3) is 30.8. The molecule has 0 spiro atoms. The van der Waals surface area contributed by atoms with Gasteiger partial charge in [0.1, 0.15) is 6.61 Å². The van der Waals surface area contributed by atoms with E-state index in [0.717, 1.165) is 70.6 Å². The molecule has 0 radical (unpaired) electrons. The zero-order valence-electron chi connectivity index (χ0n) is 27.2. The van der Waals surface area contributed by atoms with Gasteiger partial charge in [-0.15, -0.1) is 0 Å². The fourth-order valence-electron chi connectivity index (χ4n) is 4.49. The summed E-state index contributed by atoms with van der Waals surface area (Å²) < 4.78 is 10.5. The van der Waals surface area contributed by atoms with Crippen LogP contribution in [0, 0.1) is 0 Å². The van der Waals surface area contributed by atoms with Gasteiger partial charge in [-0.1, -0.05) is 127 Å². The van der Waals surface area contributed by atoms with E-state index in [4.69, 9.17) is 9.47 Å². The first-order chi connectivity index (χ1) is 20.6. The Bertz CT molecular complexity index is 722. The van der Waals surface area contributed by atoms with Crippen LogP contribution in [0.2, 0.25) is 0 Å². The van der Waals surface area contributed by atoms with Crippen LogP contribution in [-0.2, 0) is 19.1 Å². The van der Waals surface area contributed by atoms with Crippen molar-refractivity contribution in [2.45, 2.75) is 161 Å². The molecule has 0 aromatic heterocycles. The number of rotatable bonds is 30. The van der Waals surface area contributed by atoms with Crippen molar-refractivity contribution < 1.29 is 24.2 Å². The average Bonchev–Trinajstić information content (AvgIpc) is 2.99. The van der Waals surface area contributed by atoms with E-state index in [-0.39, 0.29) is 25.2 Å². The zero-order chi connectivity index (χ0) is 30.8. The lowest BCUT2D eigenvalue weighted by molar-refractivity contribution is -0.161. The lowest BCUT2D eigenvalue weighted by atomic mass is 10.1. The molecule has 242 valence electrons. The van der Waals surface area contributed by atoms with Crippen molar-refractivity contribution in [3.8, 4) is 0 Å². The summed E-state index contributed by atoms with van der Waals surface area (Å²) in [4.78, 5) is 24.1. The van der Waals surface area contributed by atoms with Crippen LogP contribution in [0.4, 0.5) is 0 Å². The van der Waals surface area contributed by atoms with E-state index in [9.17, 15) is 14.7 Å². The summed E-state index contributed by atoms with van der Waals surface area (Å²) in [6.45, 7) is 3.95. The first-order valence-electron chi connectivity index (χ1n) is 17.2. The van der Waals surface area contributed by atoms with Crippen LogP contribution in [-0.4, -0.2) is 36.4 Å². The Morgan fingerprint density at radius 2 is 1.02 bits per heavy atom. The van der Waals surface area contributed by atoms with Crippen molar-refractivity contribution >= 4 is 11.9 Å². The van der Waals surface area contributed by atoms with Crippen LogP contribution in [0.5, 0.6) is 0 Å². The molecule has 0 aromatic rings. The fraction of sp³-hybridized carbons (Fsp3) is 0.730. The number of hydrogen-bond donors (Lipinski definition) is 1. The highest BCUT2D eigenvalue weighted by atomic mass is 16.6. The van der Waals surface area contributed by atoms with Crippen molar-refractivity contribution in [3.05, 3.63) is 48.6 Å². The quantitative estimate of drug-likeness (QED) is 0.0513. The van der Waals surface area contributed by atoms with Gasteiger partial charge in [-0.2, -0.15) is 0 Å². The van der Waals surface area contributed by atoms with Crippen molar-refractivity contribution in [2.75, 3.05) is 13.2 Å². The molecule has 5 nitrogen and oxygen atoms in total. The van der Waals surface area contributed by atoms with E-state index >= 15 is 0 Å². The van der Waals surface area contributed by atoms with Crippen molar-refractivity contribution in [1.82, 2.24) is 0 Å². The Balaban J connectivity index is 3.61. The van der Waals surface area contributed by atoms with Crippen LogP contribution in [0.3, 0.4) is 0 Å². The second-order valence-corrected chi connectivity index (χ2v) is 11.2. The lowest BCUT2D eigenvalue weighted by Crippen LogP contribution is -2.28. The molecule has 1 unspecified atom stereocenters. The Kier molecular flexibility index (Phi) is 31.7. The molecule has 0 bridgehead atoms. The zero-order valence-corrected chi connectivity index (χ0v) is 27.2. The largest absolute Gasteiger partial charge is 0.462 e. The van der Waals surface area contributed by atoms with Crippen LogP contribution in [0.25, 0.3) is 0 Å². The van der Waals surface area contributed by atoms with E-state index in [2.05, 4.69) is 62.5 Å². The molecule has 42 heavy (non-hydrogen) atoms. The molecule has 0 saturated heterocycles. The summed E-state index contributed by atoms with van der Waals surface area (Å²) >= 11 is 0. The van der Waals surface area contributed by atoms with Gasteiger partial charge in [0.05, 0.1) is 6.61 Å². The van der Waals surface area contributed by atoms with Gasteiger partial charge in [0.2, 0.25) is 0 Å². The first-order valence-corrected chi connectivity index (χ1v) is 17.2. The van der Waals surface area contributed by atoms with Crippen molar-refractivity contribution in [1.29, 1.82) is 0 Å². The molecule has 1 N–H and O–H groups in total. The Morgan fingerprint density at radius 3 is 1.57 bits per heavy atom. The molecule has 0 amide bonds. The maximum absolute atomic E-state index is 12.1. The molecule has 0 aromatic carbocycles. The minimum Gasteiger partial charge on any atom is -0.462 e. The highest BCUT2D eigenvalue weighted by Gasteiger charge is 2.16. The van der Waals surface area contributed by atoms with Crippen LogP contribution in [0.15, 0.2) is 48.6 Å². The van der Waals surface area contributed by atoms with Gasteiger partial charge < -0.3 is 14.6 Å². The Labute approximate surface area is 258 Å². The van der Waals surface area contributed by atoms with E-state index in [0.29, 0.717) is 12.8 Å². The van der Waals surface area contributed by atoms with E-state index in [1.54, 1.807) is 0 Å². The highest BCUT2D eigenvalue weighted by Crippen LogP contribution is 2.12. The second-order valence-electron chi connectivity index (χ2n) is 11.2. The molecule has 1 atom stereocenters. The topological polar surface area (TPSA) is 72.8 Å². The van der Waals surface area contributed by atoms with Gasteiger partial charge in [-0.25, -0.2) is 0 Å². The number of allylic oxidation sites excluding steroid dienone is 8. The van der Waals surface area contributed by atoms with Gasteiger partial charge in [-0.3, -0.25) is 9.59 Å². The predicted octanol–water partition coefficient (Wildman–Crippen LogP) is 10.3. The summed E-state index contributed by atoms with van der Waals surface area (Å²) in [7, 11) is 0. The Morgan fingerprint density at radius 1 is 0.571 bits per heavy atom. The molecule has 0 heterocycles. The summed E-state index contributed by atoms with van der Waals surface area (Å²) in [5.74, 6) is -0.619. The van der Waals surface area contributed by atoms with Gasteiger partial charge in [0, 0.05) is 12.8 Å². The van der Waals surface area contributed by atoms with Gasteiger partial charge in [0.25, 0.3) is 0 Å². The number of aliphatic hydroxyl groups is 1. The number of carbonyl (C=O) groups excluding carboxylic acids is 2. The molecular formula is C37H64O5. The molecular weight excluding hydrogens is 524 g/mol. The number of hydrogen-bond acceptors (Lipinski definition) is 5. The lowest BCUT2D eigenvalue weighted by Gasteiger charge is -2.15. The highest BCUT2D eigenvalue weighted by molar-refractivity contribution is 5.70. The Hall–Kier alpha value is -2.14.